The van der Waals surface area contributed by atoms with Gasteiger partial charge in [-0.25, -0.2) is 0 Å². The molecule has 118 valence electrons. The summed E-state index contributed by atoms with van der Waals surface area (Å²) in [6, 6.07) is 7.00. The first-order valence-corrected chi connectivity index (χ1v) is 7.22. The fraction of sp³-hybridized carbons (Fsp3) is 0.438. The first-order chi connectivity index (χ1) is 10.3. The van der Waals surface area contributed by atoms with Gasteiger partial charge in [0.15, 0.2) is 0 Å². The molecule has 22 heavy (non-hydrogen) atoms. The number of hydrogen-bond acceptors (Lipinski definition) is 5. The number of amides is 1. The molecule has 0 bridgehead atoms. The van der Waals surface area contributed by atoms with E-state index >= 15 is 0 Å². The van der Waals surface area contributed by atoms with Crippen molar-refractivity contribution in [1.82, 2.24) is 15.1 Å². The Morgan fingerprint density at radius 2 is 1.91 bits per heavy atom. The Morgan fingerprint density at radius 3 is 2.36 bits per heavy atom. The summed E-state index contributed by atoms with van der Waals surface area (Å²) in [5.74, 6) is 0.815. The van der Waals surface area contributed by atoms with E-state index in [0.717, 1.165) is 5.56 Å². The van der Waals surface area contributed by atoms with E-state index in [9.17, 15) is 9.90 Å². The molecular formula is C16H21N3O3. The van der Waals surface area contributed by atoms with Crippen LogP contribution in [0.25, 0.3) is 11.5 Å². The van der Waals surface area contributed by atoms with Crippen molar-refractivity contribution < 1.29 is 14.3 Å². The number of benzene rings is 1. The zero-order valence-corrected chi connectivity index (χ0v) is 13.3. The molecule has 0 radical (unpaired) electrons. The molecule has 6 nitrogen and oxygen atoms in total. The number of carbonyl (C=O) groups excluding carboxylic acids is 1. The van der Waals surface area contributed by atoms with E-state index in [-0.39, 0.29) is 12.5 Å². The molecule has 1 heterocycles. The second kappa shape index (κ2) is 6.27. The van der Waals surface area contributed by atoms with Crippen molar-refractivity contribution in [1.29, 1.82) is 0 Å². The molecule has 1 aromatic heterocycles. The minimum atomic E-state index is -0.924. The van der Waals surface area contributed by atoms with Gasteiger partial charge in [0.1, 0.15) is 0 Å². The van der Waals surface area contributed by atoms with Gasteiger partial charge in [0.05, 0.1) is 5.60 Å². The van der Waals surface area contributed by atoms with E-state index < -0.39 is 5.60 Å². The van der Waals surface area contributed by atoms with Gasteiger partial charge in [-0.3, -0.25) is 4.79 Å². The SMILES string of the molecule is CCN(CC(C)(C)O)C(=O)c1ccc(-c2nnc(C)o2)cc1. The normalized spacial score (nSPS) is 11.5. The first-order valence-electron chi connectivity index (χ1n) is 7.22. The maximum absolute atomic E-state index is 12.5. The summed E-state index contributed by atoms with van der Waals surface area (Å²) >= 11 is 0. The molecule has 0 aliphatic heterocycles. The summed E-state index contributed by atoms with van der Waals surface area (Å²) in [6.07, 6.45) is 0. The monoisotopic (exact) mass is 303 g/mol. The van der Waals surface area contributed by atoms with Gasteiger partial charge in [0.2, 0.25) is 11.8 Å². The van der Waals surface area contributed by atoms with Crippen LogP contribution >= 0.6 is 0 Å². The van der Waals surface area contributed by atoms with Crippen LogP contribution < -0.4 is 0 Å². The first kappa shape index (κ1) is 16.2. The third kappa shape index (κ3) is 3.92. The van der Waals surface area contributed by atoms with Gasteiger partial charge in [-0.15, -0.1) is 10.2 Å². The molecule has 1 N–H and O–H groups in total. The third-order valence-electron chi connectivity index (χ3n) is 3.15. The maximum Gasteiger partial charge on any atom is 0.253 e. The average molecular weight is 303 g/mol. The van der Waals surface area contributed by atoms with E-state index in [1.807, 2.05) is 6.92 Å². The van der Waals surface area contributed by atoms with Crippen LogP contribution in [0.5, 0.6) is 0 Å². The molecule has 0 saturated heterocycles. The maximum atomic E-state index is 12.5. The molecule has 0 aliphatic rings. The van der Waals surface area contributed by atoms with Crippen molar-refractivity contribution in [2.75, 3.05) is 13.1 Å². The van der Waals surface area contributed by atoms with Gasteiger partial charge in [-0.2, -0.15) is 0 Å². The van der Waals surface area contributed by atoms with Crippen molar-refractivity contribution in [3.8, 4) is 11.5 Å². The highest BCUT2D eigenvalue weighted by atomic mass is 16.4. The number of likely N-dealkylation sites (N-methyl/N-ethyl adjacent to an activating group) is 1. The van der Waals surface area contributed by atoms with Crippen LogP contribution in [0.3, 0.4) is 0 Å². The predicted molar refractivity (Wildman–Crippen MR) is 82.3 cm³/mol. The smallest absolute Gasteiger partial charge is 0.253 e. The topological polar surface area (TPSA) is 79.5 Å². The Kier molecular flexibility index (Phi) is 4.61. The summed E-state index contributed by atoms with van der Waals surface area (Å²) in [5.41, 5.74) is 0.404. The lowest BCUT2D eigenvalue weighted by molar-refractivity contribution is 0.0314. The number of aliphatic hydroxyl groups is 1. The lowest BCUT2D eigenvalue weighted by Gasteiger charge is -2.28. The van der Waals surface area contributed by atoms with Crippen LogP contribution in [0, 0.1) is 6.92 Å². The van der Waals surface area contributed by atoms with E-state index in [0.29, 0.717) is 23.9 Å². The summed E-state index contributed by atoms with van der Waals surface area (Å²) < 4.78 is 5.35. The fourth-order valence-electron chi connectivity index (χ4n) is 2.15. The van der Waals surface area contributed by atoms with Gasteiger partial charge < -0.3 is 14.4 Å². The highest BCUT2D eigenvalue weighted by molar-refractivity contribution is 5.94. The lowest BCUT2D eigenvalue weighted by atomic mass is 10.1. The van der Waals surface area contributed by atoms with Crippen LogP contribution in [0.2, 0.25) is 0 Å². The second-order valence-electron chi connectivity index (χ2n) is 5.84. The number of aryl methyl sites for hydroxylation is 1. The quantitative estimate of drug-likeness (QED) is 0.916. The molecule has 0 atom stereocenters. The molecule has 0 fully saturated rings. The Morgan fingerprint density at radius 1 is 1.27 bits per heavy atom. The molecule has 0 unspecified atom stereocenters. The van der Waals surface area contributed by atoms with Crippen molar-refractivity contribution in [3.05, 3.63) is 35.7 Å². The van der Waals surface area contributed by atoms with Crippen LogP contribution in [-0.4, -0.2) is 44.8 Å². The van der Waals surface area contributed by atoms with Gasteiger partial charge in [-0.05, 0) is 45.0 Å². The molecule has 2 rings (SSSR count). The van der Waals surface area contributed by atoms with Crippen LogP contribution in [0.1, 0.15) is 37.0 Å². The third-order valence-corrected chi connectivity index (χ3v) is 3.15. The Bertz CT molecular complexity index is 641. The molecule has 0 saturated carbocycles. The van der Waals surface area contributed by atoms with Crippen molar-refractivity contribution in [2.45, 2.75) is 33.3 Å². The summed E-state index contributed by atoms with van der Waals surface area (Å²) in [5, 5.41) is 17.6. The molecule has 2 aromatic rings. The largest absolute Gasteiger partial charge is 0.421 e. The van der Waals surface area contributed by atoms with Gasteiger partial charge in [-0.1, -0.05) is 0 Å². The Balaban J connectivity index is 2.17. The molecule has 0 aliphatic carbocycles. The molecular weight excluding hydrogens is 282 g/mol. The van der Waals surface area contributed by atoms with Gasteiger partial charge in [0.25, 0.3) is 5.91 Å². The van der Waals surface area contributed by atoms with Crippen LogP contribution in [0.15, 0.2) is 28.7 Å². The highest BCUT2D eigenvalue weighted by Gasteiger charge is 2.22. The molecule has 0 spiro atoms. The summed E-state index contributed by atoms with van der Waals surface area (Å²) in [4.78, 5) is 14.1. The predicted octanol–water partition coefficient (Wildman–Crippen LogP) is 2.28. The standard InChI is InChI=1S/C16H21N3O3/c1-5-19(10-16(3,4)21)15(20)13-8-6-12(7-9-13)14-18-17-11(2)22-14/h6-9,21H,5,10H2,1-4H3. The fourth-order valence-corrected chi connectivity index (χ4v) is 2.15. The number of nitrogens with zero attached hydrogens (tertiary/aromatic N) is 3. The van der Waals surface area contributed by atoms with E-state index in [1.54, 1.807) is 49.9 Å². The average Bonchev–Trinajstić information content (AvgIpc) is 2.90. The Hall–Kier alpha value is -2.21. The molecule has 6 heteroatoms. The zero-order chi connectivity index (χ0) is 16.3. The van der Waals surface area contributed by atoms with Crippen molar-refractivity contribution >= 4 is 5.91 Å². The van der Waals surface area contributed by atoms with Crippen molar-refractivity contribution in [2.24, 2.45) is 0 Å². The van der Waals surface area contributed by atoms with Crippen LogP contribution in [0.4, 0.5) is 0 Å². The number of carbonyl (C=O) groups is 1. The molecule has 1 amide bonds. The molecule has 1 aromatic carbocycles. The Labute approximate surface area is 129 Å². The summed E-state index contributed by atoms with van der Waals surface area (Å²) in [7, 11) is 0. The van der Waals surface area contributed by atoms with Crippen molar-refractivity contribution in [3.63, 3.8) is 0 Å². The number of aromatic nitrogens is 2. The van der Waals surface area contributed by atoms with Gasteiger partial charge in [0, 0.05) is 31.1 Å². The van der Waals surface area contributed by atoms with E-state index in [1.165, 1.54) is 0 Å². The second-order valence-corrected chi connectivity index (χ2v) is 5.84. The summed E-state index contributed by atoms with van der Waals surface area (Å²) in [6.45, 7) is 7.80. The lowest BCUT2D eigenvalue weighted by Crippen LogP contribution is -2.42. The van der Waals surface area contributed by atoms with Crippen LogP contribution in [-0.2, 0) is 0 Å². The van der Waals surface area contributed by atoms with E-state index in [4.69, 9.17) is 4.42 Å². The highest BCUT2D eigenvalue weighted by Crippen LogP contribution is 2.19. The minimum absolute atomic E-state index is 0.113. The number of rotatable bonds is 5. The minimum Gasteiger partial charge on any atom is -0.421 e. The van der Waals surface area contributed by atoms with Gasteiger partial charge >= 0.3 is 0 Å². The zero-order valence-electron chi connectivity index (χ0n) is 13.3. The van der Waals surface area contributed by atoms with E-state index in [2.05, 4.69) is 10.2 Å². The number of hydrogen-bond donors (Lipinski definition) is 1.